The Kier molecular flexibility index (Phi) is 2.44. The lowest BCUT2D eigenvalue weighted by Crippen LogP contribution is -1.80. The standard InChI is InChI=1S/C13H8BrFN2/c14-9-4-5-11-12(7-9)16-17-13(11)8-2-1-3-10(15)6-8/h1-7H,(H,16,17). The first-order valence-corrected chi connectivity index (χ1v) is 5.93. The minimum atomic E-state index is -0.254. The number of nitrogens with one attached hydrogen (secondary N) is 1. The van der Waals surface area contributed by atoms with Gasteiger partial charge in [0.05, 0.1) is 11.2 Å². The fourth-order valence-electron chi connectivity index (χ4n) is 1.85. The average Bonchev–Trinajstić information content (AvgIpc) is 2.71. The van der Waals surface area contributed by atoms with Crippen molar-refractivity contribution in [3.8, 4) is 11.3 Å². The highest BCUT2D eigenvalue weighted by Gasteiger charge is 2.08. The average molecular weight is 291 g/mol. The maximum Gasteiger partial charge on any atom is 0.123 e. The number of H-pyrrole nitrogens is 1. The number of nitrogens with zero attached hydrogens (tertiary/aromatic N) is 1. The summed E-state index contributed by atoms with van der Waals surface area (Å²) in [5, 5.41) is 8.16. The first-order chi connectivity index (χ1) is 8.24. The zero-order valence-corrected chi connectivity index (χ0v) is 10.3. The van der Waals surface area contributed by atoms with E-state index in [1.807, 2.05) is 24.3 Å². The number of benzene rings is 2. The number of halogens is 2. The van der Waals surface area contributed by atoms with Gasteiger partial charge < -0.3 is 0 Å². The van der Waals surface area contributed by atoms with Crippen molar-refractivity contribution in [3.63, 3.8) is 0 Å². The Morgan fingerprint density at radius 1 is 1.12 bits per heavy atom. The third-order valence-electron chi connectivity index (χ3n) is 2.62. The number of hydrogen-bond acceptors (Lipinski definition) is 1. The third kappa shape index (κ3) is 1.85. The van der Waals surface area contributed by atoms with Crippen molar-refractivity contribution < 1.29 is 4.39 Å². The maximum atomic E-state index is 13.2. The molecule has 0 saturated carbocycles. The number of rotatable bonds is 1. The molecular formula is C13H8BrFN2. The van der Waals surface area contributed by atoms with E-state index in [-0.39, 0.29) is 5.82 Å². The molecule has 3 rings (SSSR count). The van der Waals surface area contributed by atoms with Gasteiger partial charge in [0.2, 0.25) is 0 Å². The van der Waals surface area contributed by atoms with Gasteiger partial charge >= 0.3 is 0 Å². The highest BCUT2D eigenvalue weighted by Crippen LogP contribution is 2.28. The number of fused-ring (bicyclic) bond motifs is 1. The normalized spacial score (nSPS) is 10.9. The zero-order valence-electron chi connectivity index (χ0n) is 8.74. The zero-order chi connectivity index (χ0) is 11.8. The molecule has 2 nitrogen and oxygen atoms in total. The summed E-state index contributed by atoms with van der Waals surface area (Å²) in [6, 6.07) is 12.3. The molecular weight excluding hydrogens is 283 g/mol. The Morgan fingerprint density at radius 2 is 2.00 bits per heavy atom. The van der Waals surface area contributed by atoms with Gasteiger partial charge in [0.15, 0.2) is 0 Å². The van der Waals surface area contributed by atoms with Gasteiger partial charge in [0.25, 0.3) is 0 Å². The Labute approximate surface area is 106 Å². The Bertz CT molecular complexity index is 691. The highest BCUT2D eigenvalue weighted by molar-refractivity contribution is 9.10. The molecule has 84 valence electrons. The molecule has 0 aliphatic rings. The van der Waals surface area contributed by atoms with Crippen LogP contribution in [0.25, 0.3) is 22.2 Å². The van der Waals surface area contributed by atoms with Crippen LogP contribution >= 0.6 is 15.9 Å². The largest absolute Gasteiger partial charge is 0.277 e. The van der Waals surface area contributed by atoms with Gasteiger partial charge in [-0.25, -0.2) is 4.39 Å². The Hall–Kier alpha value is -1.68. The van der Waals surface area contributed by atoms with Crippen LogP contribution in [0.3, 0.4) is 0 Å². The second kappa shape index (κ2) is 3.96. The quantitative estimate of drug-likeness (QED) is 0.717. The summed E-state index contributed by atoms with van der Waals surface area (Å²) in [4.78, 5) is 0. The van der Waals surface area contributed by atoms with Gasteiger partial charge in [-0.2, -0.15) is 5.10 Å². The molecule has 0 unspecified atom stereocenters. The molecule has 0 amide bonds. The smallest absolute Gasteiger partial charge is 0.123 e. The summed E-state index contributed by atoms with van der Waals surface area (Å²) in [6.07, 6.45) is 0. The van der Waals surface area contributed by atoms with Crippen LogP contribution < -0.4 is 0 Å². The predicted molar refractivity (Wildman–Crippen MR) is 69.2 cm³/mol. The molecule has 1 aromatic heterocycles. The van der Waals surface area contributed by atoms with Crippen LogP contribution in [0.2, 0.25) is 0 Å². The minimum Gasteiger partial charge on any atom is -0.277 e. The first-order valence-electron chi connectivity index (χ1n) is 5.13. The van der Waals surface area contributed by atoms with Gasteiger partial charge in [-0.05, 0) is 30.3 Å². The van der Waals surface area contributed by atoms with E-state index in [0.29, 0.717) is 0 Å². The van der Waals surface area contributed by atoms with Crippen LogP contribution in [0.1, 0.15) is 0 Å². The molecule has 0 aliphatic heterocycles. The fraction of sp³-hybridized carbons (Fsp3) is 0. The molecule has 4 heteroatoms. The molecule has 1 heterocycles. The van der Waals surface area contributed by atoms with E-state index >= 15 is 0 Å². The summed E-state index contributed by atoms with van der Waals surface area (Å²) in [5.74, 6) is -0.254. The summed E-state index contributed by atoms with van der Waals surface area (Å²) in [6.45, 7) is 0. The predicted octanol–water partition coefficient (Wildman–Crippen LogP) is 4.13. The lowest BCUT2D eigenvalue weighted by molar-refractivity contribution is 0.628. The Balaban J connectivity index is 2.24. The molecule has 0 spiro atoms. The number of aromatic amines is 1. The van der Waals surface area contributed by atoms with Crippen molar-refractivity contribution in [3.05, 3.63) is 52.8 Å². The first kappa shape index (κ1) is 10.5. The molecule has 17 heavy (non-hydrogen) atoms. The van der Waals surface area contributed by atoms with Gasteiger partial charge in [0.1, 0.15) is 5.82 Å². The molecule has 2 aromatic carbocycles. The van der Waals surface area contributed by atoms with E-state index in [9.17, 15) is 4.39 Å². The molecule has 0 aliphatic carbocycles. The number of aromatic nitrogens is 2. The van der Waals surface area contributed by atoms with Crippen molar-refractivity contribution in [1.29, 1.82) is 0 Å². The molecule has 0 atom stereocenters. The molecule has 0 radical (unpaired) electrons. The van der Waals surface area contributed by atoms with E-state index in [4.69, 9.17) is 0 Å². The van der Waals surface area contributed by atoms with E-state index in [2.05, 4.69) is 26.1 Å². The second-order valence-corrected chi connectivity index (χ2v) is 4.69. The van der Waals surface area contributed by atoms with Crippen molar-refractivity contribution in [1.82, 2.24) is 10.2 Å². The summed E-state index contributed by atoms with van der Waals surface area (Å²) < 4.78 is 14.2. The van der Waals surface area contributed by atoms with Crippen LogP contribution in [-0.2, 0) is 0 Å². The second-order valence-electron chi connectivity index (χ2n) is 3.77. The van der Waals surface area contributed by atoms with Gasteiger partial charge in [0, 0.05) is 15.4 Å². The van der Waals surface area contributed by atoms with Crippen molar-refractivity contribution >= 4 is 26.8 Å². The van der Waals surface area contributed by atoms with Crippen molar-refractivity contribution in [2.24, 2.45) is 0 Å². The van der Waals surface area contributed by atoms with E-state index in [0.717, 1.165) is 26.6 Å². The minimum absolute atomic E-state index is 0.254. The lowest BCUT2D eigenvalue weighted by Gasteiger charge is -1.98. The fourth-order valence-corrected chi connectivity index (χ4v) is 2.21. The number of hydrogen-bond donors (Lipinski definition) is 1. The monoisotopic (exact) mass is 290 g/mol. The van der Waals surface area contributed by atoms with E-state index < -0.39 is 0 Å². The lowest BCUT2D eigenvalue weighted by atomic mass is 10.1. The van der Waals surface area contributed by atoms with Crippen LogP contribution in [0.4, 0.5) is 4.39 Å². The van der Waals surface area contributed by atoms with Crippen LogP contribution in [-0.4, -0.2) is 10.2 Å². The van der Waals surface area contributed by atoms with E-state index in [1.165, 1.54) is 12.1 Å². The van der Waals surface area contributed by atoms with E-state index in [1.54, 1.807) is 6.07 Å². The molecule has 0 fully saturated rings. The van der Waals surface area contributed by atoms with Crippen LogP contribution in [0.15, 0.2) is 46.9 Å². The summed E-state index contributed by atoms with van der Waals surface area (Å²) in [5.41, 5.74) is 2.48. The SMILES string of the molecule is Fc1cccc(-c2n[nH]c3cc(Br)ccc23)c1. The molecule has 3 aromatic rings. The third-order valence-corrected chi connectivity index (χ3v) is 3.12. The topological polar surface area (TPSA) is 28.7 Å². The van der Waals surface area contributed by atoms with Gasteiger partial charge in [-0.3, -0.25) is 5.10 Å². The van der Waals surface area contributed by atoms with Crippen molar-refractivity contribution in [2.45, 2.75) is 0 Å². The molecule has 1 N–H and O–H groups in total. The summed E-state index contributed by atoms with van der Waals surface area (Å²) in [7, 11) is 0. The van der Waals surface area contributed by atoms with Crippen molar-refractivity contribution in [2.75, 3.05) is 0 Å². The molecule has 0 bridgehead atoms. The molecule has 0 saturated heterocycles. The van der Waals surface area contributed by atoms with Crippen LogP contribution in [0, 0.1) is 5.82 Å². The highest BCUT2D eigenvalue weighted by atomic mass is 79.9. The maximum absolute atomic E-state index is 13.2. The van der Waals surface area contributed by atoms with Gasteiger partial charge in [-0.1, -0.05) is 28.1 Å². The Morgan fingerprint density at radius 3 is 2.82 bits per heavy atom. The van der Waals surface area contributed by atoms with Gasteiger partial charge in [-0.15, -0.1) is 0 Å². The summed E-state index contributed by atoms with van der Waals surface area (Å²) >= 11 is 3.40. The van der Waals surface area contributed by atoms with Crippen LogP contribution in [0.5, 0.6) is 0 Å².